The van der Waals surface area contributed by atoms with Crippen molar-refractivity contribution in [2.45, 2.75) is 39.2 Å². The number of hydrogen-bond acceptors (Lipinski definition) is 4. The molecule has 0 unspecified atom stereocenters. The summed E-state index contributed by atoms with van der Waals surface area (Å²) in [5.41, 5.74) is 2.84. The number of nitrogens with zero attached hydrogens (tertiary/aromatic N) is 2. The first-order valence-electron chi connectivity index (χ1n) is 11.2. The van der Waals surface area contributed by atoms with Gasteiger partial charge in [-0.15, -0.1) is 0 Å². The first kappa shape index (κ1) is 22.4. The highest BCUT2D eigenvalue weighted by Gasteiger charge is 2.29. The van der Waals surface area contributed by atoms with Crippen LogP contribution in [0.4, 0.5) is 0 Å². The molecule has 1 saturated carbocycles. The Bertz CT molecular complexity index is 1080. The molecule has 6 heteroatoms. The van der Waals surface area contributed by atoms with Crippen molar-refractivity contribution in [3.05, 3.63) is 64.8 Å². The number of aromatic nitrogens is 1. The minimum Gasteiger partial charge on any atom is -0.497 e. The first-order chi connectivity index (χ1) is 15.6. The highest BCUT2D eigenvalue weighted by Crippen LogP contribution is 2.30. The maximum Gasteiger partial charge on any atom is 0.225 e. The van der Waals surface area contributed by atoms with E-state index in [4.69, 9.17) is 21.1 Å². The Morgan fingerprint density at radius 3 is 2.53 bits per heavy atom. The number of rotatable bonds is 9. The Labute approximate surface area is 194 Å². The van der Waals surface area contributed by atoms with Crippen LogP contribution in [0.5, 0.6) is 11.5 Å². The second-order valence-electron chi connectivity index (χ2n) is 8.21. The third-order valence-corrected chi connectivity index (χ3v) is 6.41. The van der Waals surface area contributed by atoms with Crippen LogP contribution in [0.2, 0.25) is 5.15 Å². The molecular formula is C26H29ClN2O3. The van der Waals surface area contributed by atoms with E-state index in [1.807, 2.05) is 60.4 Å². The number of benzene rings is 2. The van der Waals surface area contributed by atoms with E-state index in [1.165, 1.54) is 5.56 Å². The number of ether oxygens (including phenoxy) is 2. The van der Waals surface area contributed by atoms with E-state index in [0.29, 0.717) is 24.8 Å². The maximum absolute atomic E-state index is 13.2. The van der Waals surface area contributed by atoms with Crippen LogP contribution in [0.15, 0.2) is 48.5 Å². The number of pyridine rings is 1. The molecular weight excluding hydrogens is 424 g/mol. The van der Waals surface area contributed by atoms with Crippen LogP contribution < -0.4 is 9.47 Å². The zero-order valence-electron chi connectivity index (χ0n) is 18.6. The van der Waals surface area contributed by atoms with Crippen molar-refractivity contribution < 1.29 is 14.3 Å². The van der Waals surface area contributed by atoms with Crippen molar-refractivity contribution >= 4 is 28.4 Å². The summed E-state index contributed by atoms with van der Waals surface area (Å²) in [5, 5.41) is 1.40. The van der Waals surface area contributed by atoms with Crippen molar-refractivity contribution in [1.82, 2.24) is 9.88 Å². The average Bonchev–Trinajstić information content (AvgIpc) is 2.76. The topological polar surface area (TPSA) is 51.7 Å². The summed E-state index contributed by atoms with van der Waals surface area (Å²) in [5.74, 6) is 1.97. The molecule has 4 rings (SSSR count). The van der Waals surface area contributed by atoms with E-state index in [-0.39, 0.29) is 11.8 Å². The Morgan fingerprint density at radius 2 is 1.88 bits per heavy atom. The van der Waals surface area contributed by atoms with Crippen LogP contribution in [-0.4, -0.2) is 36.1 Å². The summed E-state index contributed by atoms with van der Waals surface area (Å²) in [6.07, 6.45) is 3.84. The third kappa shape index (κ3) is 5.16. The highest BCUT2D eigenvalue weighted by atomic mass is 35.5. The fourth-order valence-corrected chi connectivity index (χ4v) is 4.19. The van der Waals surface area contributed by atoms with E-state index in [2.05, 4.69) is 4.98 Å². The van der Waals surface area contributed by atoms with Gasteiger partial charge in [0.1, 0.15) is 16.7 Å². The average molecular weight is 453 g/mol. The number of hydrogen-bond donors (Lipinski definition) is 0. The second kappa shape index (κ2) is 10.2. The van der Waals surface area contributed by atoms with Gasteiger partial charge in [0.25, 0.3) is 0 Å². The van der Waals surface area contributed by atoms with Crippen LogP contribution in [0, 0.1) is 5.92 Å². The molecule has 1 aliphatic rings. The minimum atomic E-state index is 0.127. The molecule has 1 aliphatic carbocycles. The predicted octanol–water partition coefficient (Wildman–Crippen LogP) is 5.67. The minimum absolute atomic E-state index is 0.127. The van der Waals surface area contributed by atoms with Crippen molar-refractivity contribution in [1.29, 1.82) is 0 Å². The molecule has 1 heterocycles. The number of amides is 1. The Morgan fingerprint density at radius 1 is 1.12 bits per heavy atom. The van der Waals surface area contributed by atoms with Crippen LogP contribution in [-0.2, 0) is 17.8 Å². The normalized spacial score (nSPS) is 13.6. The van der Waals surface area contributed by atoms with Gasteiger partial charge in [-0.3, -0.25) is 4.79 Å². The zero-order chi connectivity index (χ0) is 22.5. The first-order valence-corrected chi connectivity index (χ1v) is 11.6. The molecule has 5 nitrogen and oxygen atoms in total. The lowest BCUT2D eigenvalue weighted by Gasteiger charge is -2.32. The summed E-state index contributed by atoms with van der Waals surface area (Å²) in [6.45, 7) is 3.65. The van der Waals surface area contributed by atoms with E-state index in [9.17, 15) is 4.79 Å². The molecule has 1 amide bonds. The van der Waals surface area contributed by atoms with Crippen molar-refractivity contribution in [3.8, 4) is 11.5 Å². The third-order valence-electron chi connectivity index (χ3n) is 6.08. The quantitative estimate of drug-likeness (QED) is 0.393. The van der Waals surface area contributed by atoms with Crippen LogP contribution in [0.3, 0.4) is 0 Å². The molecule has 0 aliphatic heterocycles. The smallest absolute Gasteiger partial charge is 0.225 e. The molecule has 0 radical (unpaired) electrons. The van der Waals surface area contributed by atoms with Crippen LogP contribution in [0.25, 0.3) is 10.9 Å². The number of fused-ring (bicyclic) bond motifs is 1. The van der Waals surface area contributed by atoms with Gasteiger partial charge in [-0.05, 0) is 68.1 Å². The highest BCUT2D eigenvalue weighted by molar-refractivity contribution is 6.30. The number of carbonyl (C=O) groups excluding carboxylic acids is 1. The predicted molar refractivity (Wildman–Crippen MR) is 127 cm³/mol. The van der Waals surface area contributed by atoms with Gasteiger partial charge in [-0.25, -0.2) is 4.98 Å². The van der Waals surface area contributed by atoms with E-state index in [0.717, 1.165) is 53.6 Å². The summed E-state index contributed by atoms with van der Waals surface area (Å²) >= 11 is 6.54. The lowest BCUT2D eigenvalue weighted by Crippen LogP contribution is -2.39. The van der Waals surface area contributed by atoms with Crippen LogP contribution in [0.1, 0.15) is 37.3 Å². The van der Waals surface area contributed by atoms with Gasteiger partial charge in [0, 0.05) is 30.0 Å². The van der Waals surface area contributed by atoms with Crippen molar-refractivity contribution in [3.63, 3.8) is 0 Å². The van der Waals surface area contributed by atoms with Gasteiger partial charge in [0.2, 0.25) is 5.91 Å². The van der Waals surface area contributed by atoms with Crippen molar-refractivity contribution in [2.75, 3.05) is 20.3 Å². The fraction of sp³-hybridized carbons (Fsp3) is 0.385. The second-order valence-corrected chi connectivity index (χ2v) is 8.57. The summed E-state index contributed by atoms with van der Waals surface area (Å²) < 4.78 is 10.9. The number of methoxy groups -OCH3 is 1. The van der Waals surface area contributed by atoms with E-state index >= 15 is 0 Å². The van der Waals surface area contributed by atoms with Crippen LogP contribution >= 0.6 is 11.6 Å². The number of halogens is 1. The SMILES string of the molecule is CCOc1ccc2nc(Cl)c(CN(CCc3ccc(OC)cc3)C(=O)C3CCC3)cc2c1. The van der Waals surface area contributed by atoms with Gasteiger partial charge < -0.3 is 14.4 Å². The largest absolute Gasteiger partial charge is 0.497 e. The molecule has 32 heavy (non-hydrogen) atoms. The van der Waals surface area contributed by atoms with E-state index < -0.39 is 0 Å². The molecule has 0 atom stereocenters. The molecule has 0 saturated heterocycles. The van der Waals surface area contributed by atoms with Crippen molar-refractivity contribution in [2.24, 2.45) is 5.92 Å². The molecule has 0 spiro atoms. The molecule has 3 aromatic rings. The monoisotopic (exact) mass is 452 g/mol. The molecule has 1 fully saturated rings. The fourth-order valence-electron chi connectivity index (χ4n) is 3.98. The molecule has 1 aromatic heterocycles. The molecule has 0 bridgehead atoms. The van der Waals surface area contributed by atoms with E-state index in [1.54, 1.807) is 7.11 Å². The maximum atomic E-state index is 13.2. The van der Waals surface area contributed by atoms with Gasteiger partial charge >= 0.3 is 0 Å². The summed E-state index contributed by atoms with van der Waals surface area (Å²) in [6, 6.07) is 15.8. The molecule has 0 N–H and O–H groups in total. The Hall–Kier alpha value is -2.79. The summed E-state index contributed by atoms with van der Waals surface area (Å²) in [7, 11) is 1.66. The zero-order valence-corrected chi connectivity index (χ0v) is 19.4. The molecule has 2 aromatic carbocycles. The van der Waals surface area contributed by atoms with Gasteiger partial charge in [0.05, 0.1) is 19.2 Å². The molecule has 168 valence electrons. The summed E-state index contributed by atoms with van der Waals surface area (Å²) in [4.78, 5) is 19.7. The van der Waals surface area contributed by atoms with Gasteiger partial charge in [-0.1, -0.05) is 30.2 Å². The number of carbonyl (C=O) groups is 1. The lowest BCUT2D eigenvalue weighted by molar-refractivity contribution is -0.138. The lowest BCUT2D eigenvalue weighted by atomic mass is 9.84. The standard InChI is InChI=1S/C26H29ClN2O3/c1-3-32-23-11-12-24-20(16-23)15-21(25(27)28-24)17-29(26(30)19-5-4-6-19)14-13-18-7-9-22(31-2)10-8-18/h7-12,15-16,19H,3-6,13-14,17H2,1-2H3. The van der Waals surface area contributed by atoms with Gasteiger partial charge in [-0.2, -0.15) is 0 Å². The Kier molecular flexibility index (Phi) is 7.15. The van der Waals surface area contributed by atoms with Gasteiger partial charge in [0.15, 0.2) is 0 Å². The Balaban J connectivity index is 1.55.